The quantitative estimate of drug-likeness (QED) is 0.509. The summed E-state index contributed by atoms with van der Waals surface area (Å²) < 4.78 is 47.6. The molecule has 0 saturated carbocycles. The van der Waals surface area contributed by atoms with Crippen LogP contribution in [0, 0.1) is 6.92 Å². The van der Waals surface area contributed by atoms with Crippen molar-refractivity contribution in [2.45, 2.75) is 13.1 Å². The highest BCUT2D eigenvalue weighted by atomic mass is 19.4. The molecule has 0 unspecified atom stereocenters. The molecule has 3 heterocycles. The maximum absolute atomic E-state index is 13.8. The van der Waals surface area contributed by atoms with E-state index in [0.29, 0.717) is 28.1 Å². The average Bonchev–Trinajstić information content (AvgIpc) is 3.02. The van der Waals surface area contributed by atoms with E-state index in [0.717, 1.165) is 10.6 Å². The van der Waals surface area contributed by atoms with Gasteiger partial charge in [-0.1, -0.05) is 18.2 Å². The van der Waals surface area contributed by atoms with Crippen LogP contribution >= 0.6 is 0 Å². The molecule has 28 heavy (non-hydrogen) atoms. The summed E-state index contributed by atoms with van der Waals surface area (Å²) in [4.78, 5) is 8.42. The van der Waals surface area contributed by atoms with E-state index < -0.39 is 11.9 Å². The minimum atomic E-state index is -4.60. The number of aromatic nitrogens is 4. The number of ether oxygens (including phenoxy) is 1. The molecule has 0 saturated heterocycles. The number of aryl methyl sites for hydroxylation is 1. The Morgan fingerprint density at radius 2 is 1.75 bits per heavy atom. The molecular weight excluding hydrogens is 369 g/mol. The third-order valence-electron chi connectivity index (χ3n) is 4.41. The van der Waals surface area contributed by atoms with E-state index in [1.165, 1.54) is 19.5 Å². The third kappa shape index (κ3) is 2.96. The van der Waals surface area contributed by atoms with Gasteiger partial charge < -0.3 is 4.74 Å². The van der Waals surface area contributed by atoms with Crippen molar-refractivity contribution in [2.24, 2.45) is 0 Å². The topological polar surface area (TPSA) is 52.3 Å². The molecule has 4 rings (SSSR count). The first-order chi connectivity index (χ1) is 13.4. The van der Waals surface area contributed by atoms with Crippen molar-refractivity contribution in [1.29, 1.82) is 0 Å². The SMILES string of the molecule is COc1ccccc1-c1c(C)nn2c(C(F)(F)F)cc(-c3ccncc3)nc12. The van der Waals surface area contributed by atoms with Crippen LogP contribution in [0.1, 0.15) is 11.4 Å². The Balaban J connectivity index is 2.09. The molecule has 142 valence electrons. The Labute approximate surface area is 158 Å². The maximum atomic E-state index is 13.8. The Morgan fingerprint density at radius 1 is 1.04 bits per heavy atom. The second-order valence-corrected chi connectivity index (χ2v) is 6.16. The van der Waals surface area contributed by atoms with Crippen LogP contribution in [0.2, 0.25) is 0 Å². The number of methoxy groups -OCH3 is 1. The number of alkyl halides is 3. The molecule has 0 aliphatic carbocycles. The summed E-state index contributed by atoms with van der Waals surface area (Å²) in [5, 5.41) is 4.13. The molecule has 0 fully saturated rings. The van der Waals surface area contributed by atoms with Gasteiger partial charge in [-0.3, -0.25) is 4.98 Å². The Bertz CT molecular complexity index is 1150. The molecule has 0 amide bonds. The van der Waals surface area contributed by atoms with Crippen LogP contribution in [0.4, 0.5) is 13.2 Å². The molecule has 0 N–H and O–H groups in total. The lowest BCUT2D eigenvalue weighted by atomic mass is 10.0. The van der Waals surface area contributed by atoms with Gasteiger partial charge in [0.05, 0.1) is 24.1 Å². The van der Waals surface area contributed by atoms with E-state index in [4.69, 9.17) is 4.74 Å². The number of fused-ring (bicyclic) bond motifs is 1. The number of nitrogens with zero attached hydrogens (tertiary/aromatic N) is 4. The van der Waals surface area contributed by atoms with Crippen LogP contribution in [0.5, 0.6) is 5.75 Å². The van der Waals surface area contributed by atoms with Crippen molar-refractivity contribution in [3.05, 3.63) is 66.2 Å². The summed E-state index contributed by atoms with van der Waals surface area (Å²) in [6, 6.07) is 11.3. The van der Waals surface area contributed by atoms with Gasteiger partial charge in [0, 0.05) is 23.5 Å². The Kier molecular flexibility index (Phi) is 4.26. The monoisotopic (exact) mass is 384 g/mol. The summed E-state index contributed by atoms with van der Waals surface area (Å²) in [6.07, 6.45) is -1.58. The first kappa shape index (κ1) is 18.0. The summed E-state index contributed by atoms with van der Waals surface area (Å²) >= 11 is 0. The highest BCUT2D eigenvalue weighted by Crippen LogP contribution is 2.38. The number of hydrogen-bond acceptors (Lipinski definition) is 4. The van der Waals surface area contributed by atoms with Gasteiger partial charge in [-0.05, 0) is 31.2 Å². The number of halogens is 3. The fourth-order valence-corrected chi connectivity index (χ4v) is 3.16. The largest absolute Gasteiger partial charge is 0.496 e. The van der Waals surface area contributed by atoms with E-state index in [-0.39, 0.29) is 11.3 Å². The molecular formula is C20H15F3N4O. The second-order valence-electron chi connectivity index (χ2n) is 6.16. The van der Waals surface area contributed by atoms with E-state index >= 15 is 0 Å². The zero-order chi connectivity index (χ0) is 19.9. The Morgan fingerprint density at radius 3 is 2.43 bits per heavy atom. The smallest absolute Gasteiger partial charge is 0.433 e. The molecule has 1 aromatic carbocycles. The average molecular weight is 384 g/mol. The minimum Gasteiger partial charge on any atom is -0.496 e. The molecule has 0 radical (unpaired) electrons. The van der Waals surface area contributed by atoms with Crippen molar-refractivity contribution in [3.8, 4) is 28.1 Å². The first-order valence-electron chi connectivity index (χ1n) is 8.41. The van der Waals surface area contributed by atoms with E-state index in [1.807, 2.05) is 0 Å². The van der Waals surface area contributed by atoms with Crippen LogP contribution in [0.25, 0.3) is 28.0 Å². The van der Waals surface area contributed by atoms with Crippen molar-refractivity contribution in [2.75, 3.05) is 7.11 Å². The van der Waals surface area contributed by atoms with E-state index in [1.54, 1.807) is 43.3 Å². The molecule has 3 aromatic heterocycles. The van der Waals surface area contributed by atoms with Crippen LogP contribution in [-0.2, 0) is 6.18 Å². The van der Waals surface area contributed by atoms with Crippen LogP contribution in [0.3, 0.4) is 0 Å². The molecule has 5 nitrogen and oxygen atoms in total. The van der Waals surface area contributed by atoms with Gasteiger partial charge in [-0.2, -0.15) is 18.3 Å². The fourth-order valence-electron chi connectivity index (χ4n) is 3.16. The molecule has 8 heteroatoms. The third-order valence-corrected chi connectivity index (χ3v) is 4.41. The number of benzene rings is 1. The zero-order valence-electron chi connectivity index (χ0n) is 15.0. The number of hydrogen-bond donors (Lipinski definition) is 0. The summed E-state index contributed by atoms with van der Waals surface area (Å²) in [5.74, 6) is 0.533. The number of para-hydroxylation sites is 1. The summed E-state index contributed by atoms with van der Waals surface area (Å²) in [5.41, 5.74) is 1.50. The predicted octanol–water partition coefficient (Wildman–Crippen LogP) is 4.79. The molecule has 0 aliphatic rings. The minimum absolute atomic E-state index is 0.114. The van der Waals surface area contributed by atoms with E-state index in [9.17, 15) is 13.2 Å². The highest BCUT2D eigenvalue weighted by Gasteiger charge is 2.36. The van der Waals surface area contributed by atoms with E-state index in [2.05, 4.69) is 15.1 Å². The van der Waals surface area contributed by atoms with Crippen LogP contribution in [-0.4, -0.2) is 26.7 Å². The molecule has 0 bridgehead atoms. The maximum Gasteiger partial charge on any atom is 0.433 e. The van der Waals surface area contributed by atoms with Gasteiger partial charge in [-0.15, -0.1) is 0 Å². The van der Waals surface area contributed by atoms with Gasteiger partial charge in [0.15, 0.2) is 11.3 Å². The summed E-state index contributed by atoms with van der Waals surface area (Å²) in [7, 11) is 1.51. The number of pyridine rings is 1. The normalized spacial score (nSPS) is 11.8. The molecule has 4 aromatic rings. The standard InChI is InChI=1S/C20H15F3N4O/c1-12-18(14-5-3-4-6-16(14)28-2)19-25-15(13-7-9-24-10-8-13)11-17(20(21,22)23)27(19)26-12/h3-11H,1-2H3. The van der Waals surface area contributed by atoms with Gasteiger partial charge in [0.2, 0.25) is 0 Å². The van der Waals surface area contributed by atoms with Gasteiger partial charge in [0.25, 0.3) is 0 Å². The second kappa shape index (κ2) is 6.63. The zero-order valence-corrected chi connectivity index (χ0v) is 15.0. The fraction of sp³-hybridized carbons (Fsp3) is 0.150. The predicted molar refractivity (Wildman–Crippen MR) is 97.9 cm³/mol. The lowest BCUT2D eigenvalue weighted by molar-refractivity contribution is -0.142. The van der Waals surface area contributed by atoms with Gasteiger partial charge in [-0.25, -0.2) is 9.50 Å². The van der Waals surface area contributed by atoms with Crippen LogP contribution in [0.15, 0.2) is 54.9 Å². The van der Waals surface area contributed by atoms with Crippen molar-refractivity contribution in [3.63, 3.8) is 0 Å². The molecule has 0 aliphatic heterocycles. The highest BCUT2D eigenvalue weighted by molar-refractivity contribution is 5.84. The molecule has 0 spiro atoms. The van der Waals surface area contributed by atoms with Crippen LogP contribution < -0.4 is 4.74 Å². The summed E-state index contributed by atoms with van der Waals surface area (Å²) in [6.45, 7) is 1.66. The Hall–Kier alpha value is -3.42. The lowest BCUT2D eigenvalue weighted by Gasteiger charge is -2.12. The van der Waals surface area contributed by atoms with Crippen molar-refractivity contribution in [1.82, 2.24) is 19.6 Å². The molecule has 0 atom stereocenters. The lowest BCUT2D eigenvalue weighted by Crippen LogP contribution is -2.13. The van der Waals surface area contributed by atoms with Gasteiger partial charge >= 0.3 is 6.18 Å². The number of rotatable bonds is 3. The van der Waals surface area contributed by atoms with Crippen molar-refractivity contribution >= 4 is 5.65 Å². The van der Waals surface area contributed by atoms with Crippen molar-refractivity contribution < 1.29 is 17.9 Å². The first-order valence-corrected chi connectivity index (χ1v) is 8.41. The van der Waals surface area contributed by atoms with Gasteiger partial charge in [0.1, 0.15) is 5.75 Å².